The van der Waals surface area contributed by atoms with Gasteiger partial charge in [0.15, 0.2) is 5.75 Å². The van der Waals surface area contributed by atoms with Gasteiger partial charge in [0.05, 0.1) is 11.2 Å². The first kappa shape index (κ1) is 38.9. The lowest BCUT2D eigenvalue weighted by Gasteiger charge is -2.35. The number of aromatic nitrogens is 1. The molecule has 1 fully saturated rings. The first-order chi connectivity index (χ1) is 26.0. The summed E-state index contributed by atoms with van der Waals surface area (Å²) in [5.74, 6) is 2.93. The molecule has 0 N–H and O–H groups in total. The fourth-order valence-corrected chi connectivity index (χ4v) is 6.80. The van der Waals surface area contributed by atoms with Crippen molar-refractivity contribution in [2.24, 2.45) is 0 Å². The van der Waals surface area contributed by atoms with Crippen molar-refractivity contribution in [3.63, 3.8) is 0 Å². The summed E-state index contributed by atoms with van der Waals surface area (Å²) in [6, 6.07) is 31.9. The molecule has 0 unspecified atom stereocenters. The molecule has 0 atom stereocenters. The third kappa shape index (κ3) is 10.0. The average Bonchev–Trinajstić information content (AvgIpc) is 3.18. The molecule has 7 nitrogen and oxygen atoms in total. The number of hydrogen-bond acceptors (Lipinski definition) is 6. The maximum absolute atomic E-state index is 13.6. The van der Waals surface area contributed by atoms with Crippen LogP contribution in [-0.2, 0) is 24.6 Å². The van der Waals surface area contributed by atoms with Gasteiger partial charge in [-0.15, -0.1) is 0 Å². The van der Waals surface area contributed by atoms with E-state index >= 15 is 0 Å². The van der Waals surface area contributed by atoms with Gasteiger partial charge in [-0.25, -0.2) is 4.98 Å². The predicted octanol–water partition coefficient (Wildman–Crippen LogP) is 10.9. The third-order valence-corrected chi connectivity index (χ3v) is 10.5. The van der Waals surface area contributed by atoms with Crippen LogP contribution in [0.25, 0.3) is 5.57 Å². The van der Waals surface area contributed by atoms with Crippen LogP contribution in [0.4, 0.5) is 0 Å². The lowest BCUT2D eigenvalue weighted by molar-refractivity contribution is -0.128. The number of aryl methyl sites for hydroxylation is 1. The van der Waals surface area contributed by atoms with Crippen molar-refractivity contribution in [2.45, 2.75) is 60.3 Å². The Balaban J connectivity index is 0.987. The summed E-state index contributed by atoms with van der Waals surface area (Å²) in [5, 5.41) is 1.10. The van der Waals surface area contributed by atoms with Gasteiger partial charge in [-0.3, -0.25) is 9.69 Å². The van der Waals surface area contributed by atoms with Crippen molar-refractivity contribution in [1.29, 1.82) is 0 Å². The minimum absolute atomic E-state index is 0.0468. The Hall–Kier alpha value is -4.82. The van der Waals surface area contributed by atoms with Gasteiger partial charge in [0, 0.05) is 54.9 Å². The van der Waals surface area contributed by atoms with E-state index in [4.69, 9.17) is 37.4 Å². The molecule has 6 rings (SSSR count). The standard InChI is InChI=1S/C45H47Cl2N3O4/c1-30(2)36-14-16-39(17-15-36)52-28-35-12-10-34(11-13-35)27-49-20-22-50(23-21-49)45(51)33(5)32(4)38-24-31(3)44(42(47)25-38)54-43-19-18-40(26-48-43)53-29-37-8-6-7-9-41(37)46/h6-19,24-26,30H,20-23,27-29H2,1-5H3/b33-32-. The van der Waals surface area contributed by atoms with Gasteiger partial charge in [0.2, 0.25) is 11.8 Å². The summed E-state index contributed by atoms with van der Waals surface area (Å²) < 4.78 is 17.9. The van der Waals surface area contributed by atoms with E-state index in [1.807, 2.05) is 74.2 Å². The molecule has 1 aromatic heterocycles. The van der Waals surface area contributed by atoms with Crippen LogP contribution in [0.15, 0.2) is 109 Å². The molecule has 4 aromatic carbocycles. The second-order valence-electron chi connectivity index (χ2n) is 14.1. The maximum Gasteiger partial charge on any atom is 0.249 e. The number of piperazine rings is 1. The Morgan fingerprint density at radius 1 is 0.778 bits per heavy atom. The number of carbonyl (C=O) groups is 1. The molecular weight excluding hydrogens is 717 g/mol. The number of halogens is 2. The highest BCUT2D eigenvalue weighted by Gasteiger charge is 2.24. The number of allylic oxidation sites excluding steroid dienone is 1. The molecule has 1 saturated heterocycles. The van der Waals surface area contributed by atoms with E-state index in [1.54, 1.807) is 18.3 Å². The zero-order valence-corrected chi connectivity index (χ0v) is 33.1. The minimum atomic E-state index is 0.0468. The zero-order chi connectivity index (χ0) is 38.2. The predicted molar refractivity (Wildman–Crippen MR) is 218 cm³/mol. The summed E-state index contributed by atoms with van der Waals surface area (Å²) in [7, 11) is 0. The number of nitrogens with zero attached hydrogens (tertiary/aromatic N) is 3. The summed E-state index contributed by atoms with van der Waals surface area (Å²) in [6.45, 7) is 14.9. The number of pyridine rings is 1. The van der Waals surface area contributed by atoms with E-state index in [0.717, 1.165) is 53.2 Å². The van der Waals surface area contributed by atoms with Crippen molar-refractivity contribution in [3.05, 3.63) is 152 Å². The van der Waals surface area contributed by atoms with Gasteiger partial charge in [-0.1, -0.05) is 91.6 Å². The Morgan fingerprint density at radius 3 is 2.09 bits per heavy atom. The van der Waals surface area contributed by atoms with Crippen molar-refractivity contribution < 1.29 is 19.0 Å². The molecule has 2 heterocycles. The van der Waals surface area contributed by atoms with Crippen LogP contribution < -0.4 is 14.2 Å². The summed E-state index contributed by atoms with van der Waals surface area (Å²) in [6.07, 6.45) is 1.61. The highest BCUT2D eigenvalue weighted by molar-refractivity contribution is 6.32. The fourth-order valence-electron chi connectivity index (χ4n) is 6.31. The van der Waals surface area contributed by atoms with Crippen LogP contribution in [0.2, 0.25) is 10.0 Å². The molecule has 280 valence electrons. The second-order valence-corrected chi connectivity index (χ2v) is 14.9. The molecule has 0 saturated carbocycles. The second kappa shape index (κ2) is 18.0. The number of ether oxygens (including phenoxy) is 3. The number of amides is 1. The normalized spacial score (nSPS) is 13.8. The number of rotatable bonds is 13. The van der Waals surface area contributed by atoms with E-state index in [1.165, 1.54) is 11.1 Å². The van der Waals surface area contributed by atoms with Gasteiger partial charge in [-0.05, 0) is 96.5 Å². The average molecular weight is 765 g/mol. The molecule has 1 aliphatic rings. The molecule has 54 heavy (non-hydrogen) atoms. The van der Waals surface area contributed by atoms with Gasteiger partial charge in [-0.2, -0.15) is 0 Å². The fraction of sp³-hybridized carbons (Fsp3) is 0.289. The lowest BCUT2D eigenvalue weighted by atomic mass is 9.99. The molecule has 0 spiro atoms. The Bertz CT molecular complexity index is 2050. The SMILES string of the molecule is C/C(C(=O)N1CCN(Cc2ccc(COc3ccc(C(C)C)cc3)cc2)CC1)=C(\C)c1cc(C)c(Oc2ccc(OCc3ccccc3Cl)cn2)c(Cl)c1. The van der Waals surface area contributed by atoms with Crippen LogP contribution in [0.3, 0.4) is 0 Å². The van der Waals surface area contributed by atoms with E-state index in [9.17, 15) is 4.79 Å². The van der Waals surface area contributed by atoms with Gasteiger partial charge in [0.25, 0.3) is 0 Å². The van der Waals surface area contributed by atoms with Gasteiger partial charge < -0.3 is 19.1 Å². The maximum atomic E-state index is 13.6. The van der Waals surface area contributed by atoms with Crippen LogP contribution in [0.5, 0.6) is 23.1 Å². The summed E-state index contributed by atoms with van der Waals surface area (Å²) >= 11 is 13.0. The smallest absolute Gasteiger partial charge is 0.249 e. The van der Waals surface area contributed by atoms with Crippen molar-refractivity contribution in [1.82, 2.24) is 14.8 Å². The lowest BCUT2D eigenvalue weighted by Crippen LogP contribution is -2.48. The number of carbonyl (C=O) groups excluding carboxylic acids is 1. The molecular formula is C45H47Cl2N3O4. The molecule has 0 aliphatic carbocycles. The molecule has 5 aromatic rings. The summed E-state index contributed by atoms with van der Waals surface area (Å²) in [5.41, 5.74) is 7.89. The minimum Gasteiger partial charge on any atom is -0.489 e. The van der Waals surface area contributed by atoms with Crippen LogP contribution >= 0.6 is 23.2 Å². The topological polar surface area (TPSA) is 64.1 Å². The highest BCUT2D eigenvalue weighted by atomic mass is 35.5. The monoisotopic (exact) mass is 763 g/mol. The number of benzene rings is 4. The summed E-state index contributed by atoms with van der Waals surface area (Å²) in [4.78, 5) is 22.4. The zero-order valence-electron chi connectivity index (χ0n) is 31.6. The quantitative estimate of drug-likeness (QED) is 0.111. The molecule has 1 aliphatic heterocycles. The highest BCUT2D eigenvalue weighted by Crippen LogP contribution is 2.36. The van der Waals surface area contributed by atoms with Crippen molar-refractivity contribution >= 4 is 34.7 Å². The van der Waals surface area contributed by atoms with Crippen LogP contribution in [0.1, 0.15) is 67.0 Å². The Morgan fingerprint density at radius 2 is 1.44 bits per heavy atom. The molecule has 1 amide bonds. The van der Waals surface area contributed by atoms with E-state index < -0.39 is 0 Å². The van der Waals surface area contributed by atoms with Gasteiger partial charge >= 0.3 is 0 Å². The van der Waals surface area contributed by atoms with Gasteiger partial charge in [0.1, 0.15) is 24.7 Å². The molecule has 0 radical (unpaired) electrons. The van der Waals surface area contributed by atoms with Crippen LogP contribution in [0, 0.1) is 6.92 Å². The number of hydrogen-bond donors (Lipinski definition) is 0. The molecule has 9 heteroatoms. The first-order valence-corrected chi connectivity index (χ1v) is 19.1. The van der Waals surface area contributed by atoms with E-state index in [0.29, 0.717) is 65.2 Å². The van der Waals surface area contributed by atoms with Crippen molar-refractivity contribution in [2.75, 3.05) is 26.2 Å². The largest absolute Gasteiger partial charge is 0.489 e. The Labute approximate surface area is 329 Å². The van der Waals surface area contributed by atoms with Crippen molar-refractivity contribution in [3.8, 4) is 23.1 Å². The van der Waals surface area contributed by atoms with E-state index in [-0.39, 0.29) is 5.91 Å². The first-order valence-electron chi connectivity index (χ1n) is 18.3. The van der Waals surface area contributed by atoms with E-state index in [2.05, 4.69) is 60.1 Å². The van der Waals surface area contributed by atoms with Crippen LogP contribution in [-0.4, -0.2) is 46.9 Å². The third-order valence-electron chi connectivity index (χ3n) is 9.85. The Kier molecular flexibility index (Phi) is 13.0. The molecule has 0 bridgehead atoms.